The van der Waals surface area contributed by atoms with Crippen molar-refractivity contribution in [3.8, 4) is 0 Å². The van der Waals surface area contributed by atoms with Gasteiger partial charge in [-0.25, -0.2) is 20.4 Å². The first-order chi connectivity index (χ1) is 5.47. The largest absolute Gasteiger partial charge is 0.291 e. The molecule has 0 saturated carbocycles. The zero-order valence-electron chi connectivity index (χ0n) is 6.63. The lowest BCUT2D eigenvalue weighted by molar-refractivity contribution is -0.134. The highest BCUT2D eigenvalue weighted by molar-refractivity contribution is 6.35. The van der Waals surface area contributed by atoms with Crippen molar-refractivity contribution in [1.29, 1.82) is 10.8 Å². The number of ketones is 2. The van der Waals surface area contributed by atoms with Crippen LogP contribution in [0.5, 0.6) is 0 Å². The molecule has 66 valence electrons. The molecule has 0 saturated heterocycles. The quantitative estimate of drug-likeness (QED) is 0.328. The highest BCUT2D eigenvalue weighted by atomic mass is 16.2. The Morgan fingerprint density at radius 2 is 1.00 bits per heavy atom. The first-order valence-electron chi connectivity index (χ1n) is 2.57. The number of hydrogen-bond acceptors (Lipinski definition) is 6. The molecular formula is C6H8N2O4. The lowest BCUT2D eigenvalue weighted by Gasteiger charge is -1.73. The van der Waals surface area contributed by atoms with E-state index in [1.165, 1.54) is 13.8 Å². The summed E-state index contributed by atoms with van der Waals surface area (Å²) >= 11 is 0. The molecule has 6 nitrogen and oxygen atoms in total. The van der Waals surface area contributed by atoms with Gasteiger partial charge in [-0.1, -0.05) is 0 Å². The SMILES string of the molecule is CC(=O)C(C)=O.N=C=O.N=C=O. The fourth-order valence-corrected chi connectivity index (χ4v) is 0. The Hall–Kier alpha value is -1.90. The Labute approximate surface area is 68.6 Å². The topological polar surface area (TPSA) is 116 Å². The molecule has 0 heterocycles. The number of carbonyl (C=O) groups is 2. The van der Waals surface area contributed by atoms with Crippen molar-refractivity contribution in [2.75, 3.05) is 0 Å². The Bertz CT molecular complexity index is 186. The van der Waals surface area contributed by atoms with Crippen LogP contribution in [-0.2, 0) is 19.2 Å². The maximum atomic E-state index is 9.79. The van der Waals surface area contributed by atoms with E-state index in [1.54, 1.807) is 0 Å². The van der Waals surface area contributed by atoms with E-state index in [0.717, 1.165) is 12.2 Å². The fourth-order valence-electron chi connectivity index (χ4n) is 0. The van der Waals surface area contributed by atoms with E-state index in [1.807, 2.05) is 0 Å². The third-order valence-corrected chi connectivity index (χ3v) is 0.496. The molecule has 0 aromatic rings. The molecule has 12 heavy (non-hydrogen) atoms. The molecule has 0 aromatic heterocycles. The lowest BCUT2D eigenvalue weighted by atomic mass is 10.3. The standard InChI is InChI=1S/C4H6O2.2CHNO/c1-3(5)4(2)6;2*2-1-3/h1-2H3;2*2H. The van der Waals surface area contributed by atoms with Gasteiger partial charge < -0.3 is 0 Å². The molecule has 0 aliphatic carbocycles. The van der Waals surface area contributed by atoms with Crippen LogP contribution in [0.3, 0.4) is 0 Å². The van der Waals surface area contributed by atoms with Gasteiger partial charge in [0.15, 0.2) is 11.6 Å². The molecule has 0 amide bonds. The van der Waals surface area contributed by atoms with Crippen LogP contribution >= 0.6 is 0 Å². The summed E-state index contributed by atoms with van der Waals surface area (Å²) in [5, 5.41) is 10.8. The van der Waals surface area contributed by atoms with E-state index in [-0.39, 0.29) is 11.6 Å². The van der Waals surface area contributed by atoms with Gasteiger partial charge in [0.1, 0.15) is 0 Å². The highest BCUT2D eigenvalue weighted by Gasteiger charge is 1.94. The minimum atomic E-state index is -0.380. The van der Waals surface area contributed by atoms with Crippen LogP contribution in [-0.4, -0.2) is 23.7 Å². The summed E-state index contributed by atoms with van der Waals surface area (Å²) in [5.41, 5.74) is 0. The van der Waals surface area contributed by atoms with Gasteiger partial charge in [0.25, 0.3) is 0 Å². The molecular weight excluding hydrogens is 164 g/mol. The maximum absolute atomic E-state index is 9.79. The molecule has 0 rings (SSSR count). The van der Waals surface area contributed by atoms with Gasteiger partial charge in [-0.05, 0) is 0 Å². The Balaban J connectivity index is -0.000000115. The van der Waals surface area contributed by atoms with Gasteiger partial charge in [-0.3, -0.25) is 9.59 Å². The van der Waals surface area contributed by atoms with Gasteiger partial charge >= 0.3 is 0 Å². The van der Waals surface area contributed by atoms with E-state index in [0.29, 0.717) is 0 Å². The second-order valence-corrected chi connectivity index (χ2v) is 1.32. The summed E-state index contributed by atoms with van der Waals surface area (Å²) < 4.78 is 0. The monoisotopic (exact) mass is 172 g/mol. The number of carbonyl (C=O) groups excluding carboxylic acids is 4. The van der Waals surface area contributed by atoms with Crippen LogP contribution in [0.25, 0.3) is 0 Å². The normalized spacial score (nSPS) is 5.17. The lowest BCUT2D eigenvalue weighted by Crippen LogP contribution is -2.01. The summed E-state index contributed by atoms with van der Waals surface area (Å²) in [5.74, 6) is -0.759. The first-order valence-corrected chi connectivity index (χ1v) is 2.57. The van der Waals surface area contributed by atoms with Gasteiger partial charge in [0.2, 0.25) is 12.2 Å². The summed E-state index contributed by atoms with van der Waals surface area (Å²) in [6.07, 6.45) is 1.50. The van der Waals surface area contributed by atoms with Crippen LogP contribution in [0.2, 0.25) is 0 Å². The molecule has 0 fully saturated rings. The van der Waals surface area contributed by atoms with Crippen molar-refractivity contribution < 1.29 is 19.2 Å². The summed E-state index contributed by atoms with van der Waals surface area (Å²) in [6.45, 7) is 2.50. The van der Waals surface area contributed by atoms with E-state index < -0.39 is 0 Å². The average molecular weight is 172 g/mol. The van der Waals surface area contributed by atoms with Crippen molar-refractivity contribution in [3.63, 3.8) is 0 Å². The number of nitrogens with one attached hydrogen (secondary N) is 2. The van der Waals surface area contributed by atoms with Crippen molar-refractivity contribution in [3.05, 3.63) is 0 Å². The Kier molecular flexibility index (Phi) is 22.2. The second kappa shape index (κ2) is 16.0. The molecule has 0 unspecified atom stereocenters. The fraction of sp³-hybridized carbons (Fsp3) is 0.333. The number of Topliss-reactive ketones (excluding diaryl/α,β-unsaturated/α-hetero) is 2. The summed E-state index contributed by atoms with van der Waals surface area (Å²) in [7, 11) is 0. The molecule has 0 aliphatic heterocycles. The van der Waals surface area contributed by atoms with E-state index >= 15 is 0 Å². The summed E-state index contributed by atoms with van der Waals surface area (Å²) in [4.78, 5) is 36.3. The zero-order valence-corrected chi connectivity index (χ0v) is 6.63. The first kappa shape index (κ1) is 16.6. The van der Waals surface area contributed by atoms with Crippen LogP contribution in [0, 0.1) is 10.8 Å². The third-order valence-electron chi connectivity index (χ3n) is 0.496. The molecule has 0 radical (unpaired) electrons. The minimum Gasteiger partial charge on any atom is -0.291 e. The molecule has 0 atom stereocenters. The smallest absolute Gasteiger partial charge is 0.231 e. The van der Waals surface area contributed by atoms with E-state index in [9.17, 15) is 9.59 Å². The maximum Gasteiger partial charge on any atom is 0.231 e. The summed E-state index contributed by atoms with van der Waals surface area (Å²) in [6, 6.07) is 0. The van der Waals surface area contributed by atoms with Crippen molar-refractivity contribution in [2.45, 2.75) is 13.8 Å². The van der Waals surface area contributed by atoms with Crippen LogP contribution in [0.1, 0.15) is 13.8 Å². The average Bonchev–Trinajstić information content (AvgIpc) is 1.90. The molecule has 0 spiro atoms. The van der Waals surface area contributed by atoms with E-state index in [2.05, 4.69) is 0 Å². The highest BCUT2D eigenvalue weighted by Crippen LogP contribution is 1.66. The molecule has 0 aliphatic rings. The molecule has 0 aromatic carbocycles. The predicted octanol–water partition coefficient (Wildman–Crippen LogP) is -0.0337. The third kappa shape index (κ3) is 92.6. The molecule has 2 N–H and O–H groups in total. The van der Waals surface area contributed by atoms with Crippen molar-refractivity contribution >= 4 is 23.7 Å². The number of isocyanates is 2. The number of rotatable bonds is 1. The van der Waals surface area contributed by atoms with Crippen molar-refractivity contribution in [2.24, 2.45) is 0 Å². The van der Waals surface area contributed by atoms with Crippen LogP contribution in [0.4, 0.5) is 0 Å². The Morgan fingerprint density at radius 3 is 1.00 bits per heavy atom. The molecule has 6 heteroatoms. The van der Waals surface area contributed by atoms with Gasteiger partial charge in [-0.15, -0.1) is 0 Å². The van der Waals surface area contributed by atoms with E-state index in [4.69, 9.17) is 20.4 Å². The second-order valence-electron chi connectivity index (χ2n) is 1.32. The van der Waals surface area contributed by atoms with Gasteiger partial charge in [0.05, 0.1) is 0 Å². The zero-order chi connectivity index (χ0) is 10.6. The van der Waals surface area contributed by atoms with Crippen LogP contribution in [0.15, 0.2) is 0 Å². The number of hydrogen-bond donors (Lipinski definition) is 2. The Morgan fingerprint density at radius 1 is 0.917 bits per heavy atom. The van der Waals surface area contributed by atoms with Gasteiger partial charge in [-0.2, -0.15) is 0 Å². The minimum absolute atomic E-state index is 0.380. The van der Waals surface area contributed by atoms with Crippen LogP contribution < -0.4 is 0 Å². The van der Waals surface area contributed by atoms with Crippen molar-refractivity contribution in [1.82, 2.24) is 0 Å². The van der Waals surface area contributed by atoms with Gasteiger partial charge in [0, 0.05) is 13.8 Å². The molecule has 0 bridgehead atoms. The predicted molar refractivity (Wildman–Crippen MR) is 38.2 cm³/mol.